The Morgan fingerprint density at radius 3 is 2.71 bits per heavy atom. The van der Waals surface area contributed by atoms with Crippen LogP contribution in [0.2, 0.25) is 0 Å². The number of rotatable bonds is 5. The lowest BCUT2D eigenvalue weighted by molar-refractivity contribution is -0.145. The summed E-state index contributed by atoms with van der Waals surface area (Å²) in [6, 6.07) is 6.60. The molecule has 0 spiro atoms. The molecule has 0 amide bonds. The van der Waals surface area contributed by atoms with E-state index in [1.807, 2.05) is 0 Å². The number of fused-ring (bicyclic) bond motifs is 3. The van der Waals surface area contributed by atoms with Gasteiger partial charge < -0.3 is 5.11 Å². The first-order valence-electron chi connectivity index (χ1n) is 7.40. The van der Waals surface area contributed by atoms with Crippen LogP contribution in [-0.2, 0) is 6.18 Å². The van der Waals surface area contributed by atoms with Gasteiger partial charge in [-0.15, -0.1) is 22.0 Å². The van der Waals surface area contributed by atoms with Gasteiger partial charge in [0.25, 0.3) is 0 Å². The molecule has 5 nitrogen and oxygen atoms in total. The molecule has 9 heteroatoms. The van der Waals surface area contributed by atoms with Crippen molar-refractivity contribution in [1.82, 2.24) is 19.6 Å². The van der Waals surface area contributed by atoms with E-state index in [0.717, 1.165) is 10.8 Å². The van der Waals surface area contributed by atoms with Crippen molar-refractivity contribution >= 4 is 28.4 Å². The summed E-state index contributed by atoms with van der Waals surface area (Å²) in [5, 5.41) is 16.7. The highest BCUT2D eigenvalue weighted by Gasteiger charge is 2.38. The molecule has 1 N–H and O–H groups in total. The molecule has 0 aliphatic heterocycles. The number of thioether (sulfide) groups is 1. The third kappa shape index (κ3) is 3.32. The van der Waals surface area contributed by atoms with Crippen molar-refractivity contribution in [1.29, 1.82) is 0 Å². The van der Waals surface area contributed by atoms with E-state index in [0.29, 0.717) is 28.2 Å². The lowest BCUT2D eigenvalue weighted by atomic mass is 10.2. The van der Waals surface area contributed by atoms with E-state index >= 15 is 0 Å². The van der Waals surface area contributed by atoms with Gasteiger partial charge in [0.2, 0.25) is 5.82 Å². The van der Waals surface area contributed by atoms with E-state index in [-0.39, 0.29) is 5.65 Å². The summed E-state index contributed by atoms with van der Waals surface area (Å²) < 4.78 is 40.7. The second kappa shape index (κ2) is 6.56. The average Bonchev–Trinajstić information content (AvgIpc) is 2.97. The molecule has 0 radical (unpaired) electrons. The van der Waals surface area contributed by atoms with E-state index in [2.05, 4.69) is 15.2 Å². The van der Waals surface area contributed by atoms with Crippen LogP contribution in [0, 0.1) is 0 Å². The Labute approximate surface area is 139 Å². The number of alkyl halides is 3. The second-order valence-corrected chi connectivity index (χ2v) is 6.51. The normalized spacial score (nSPS) is 13.7. The van der Waals surface area contributed by atoms with Crippen molar-refractivity contribution in [3.8, 4) is 0 Å². The average molecular weight is 356 g/mol. The summed E-state index contributed by atoms with van der Waals surface area (Å²) in [5.74, 6) is -0.429. The van der Waals surface area contributed by atoms with Crippen LogP contribution < -0.4 is 0 Å². The minimum atomic E-state index is -4.60. The molecule has 0 bridgehead atoms. The summed E-state index contributed by atoms with van der Waals surface area (Å²) >= 11 is 1.32. The second-order valence-electron chi connectivity index (χ2n) is 5.43. The first-order chi connectivity index (χ1) is 11.4. The van der Waals surface area contributed by atoms with Gasteiger partial charge in [-0.3, -0.25) is 4.40 Å². The molecule has 128 valence electrons. The molecule has 3 aromatic rings. The van der Waals surface area contributed by atoms with Crippen LogP contribution in [0.15, 0.2) is 29.3 Å². The van der Waals surface area contributed by atoms with Crippen molar-refractivity contribution in [2.45, 2.75) is 37.1 Å². The number of benzene rings is 1. The molecule has 0 aliphatic carbocycles. The van der Waals surface area contributed by atoms with Crippen LogP contribution in [0.1, 0.15) is 25.6 Å². The number of hydrogen-bond acceptors (Lipinski definition) is 5. The third-order valence-electron chi connectivity index (χ3n) is 3.46. The molecule has 0 saturated carbocycles. The minimum Gasteiger partial charge on any atom is -0.393 e. The zero-order valence-electron chi connectivity index (χ0n) is 12.8. The standard InChI is InChI=1S/C15H15F3N4OS/c1-9(23)5-4-8-24-13-12-20-21-14(15(16,17)18)22(12)11-7-3-2-6-10(11)19-13/h2-3,6-7,9,23H,4-5,8H2,1H3. The van der Waals surface area contributed by atoms with Gasteiger partial charge in [0, 0.05) is 0 Å². The summed E-state index contributed by atoms with van der Waals surface area (Å²) in [4.78, 5) is 4.43. The van der Waals surface area contributed by atoms with Crippen molar-refractivity contribution in [2.24, 2.45) is 0 Å². The highest BCUT2D eigenvalue weighted by molar-refractivity contribution is 7.99. The summed E-state index contributed by atoms with van der Waals surface area (Å²) in [5.41, 5.74) is 0.870. The van der Waals surface area contributed by atoms with E-state index in [4.69, 9.17) is 0 Å². The maximum atomic E-state index is 13.2. The molecular formula is C15H15F3N4OS. The summed E-state index contributed by atoms with van der Waals surface area (Å²) in [6.45, 7) is 1.70. The minimum absolute atomic E-state index is 0.100. The van der Waals surface area contributed by atoms with Gasteiger partial charge >= 0.3 is 6.18 Å². The number of aromatic nitrogens is 4. The zero-order valence-corrected chi connectivity index (χ0v) is 13.6. The van der Waals surface area contributed by atoms with Crippen molar-refractivity contribution in [2.75, 3.05) is 5.75 Å². The predicted molar refractivity (Wildman–Crippen MR) is 84.9 cm³/mol. The first kappa shape index (κ1) is 17.0. The maximum absolute atomic E-state index is 13.2. The highest BCUT2D eigenvalue weighted by Crippen LogP contribution is 2.33. The van der Waals surface area contributed by atoms with Crippen molar-refractivity contribution in [3.63, 3.8) is 0 Å². The Bertz CT molecular complexity index is 863. The Hall–Kier alpha value is -1.87. The molecule has 1 atom stereocenters. The number of aliphatic hydroxyl groups is 1. The summed E-state index contributed by atoms with van der Waals surface area (Å²) in [6.07, 6.45) is -3.65. The number of para-hydroxylation sites is 2. The van der Waals surface area contributed by atoms with Crippen LogP contribution in [0.25, 0.3) is 16.7 Å². The van der Waals surface area contributed by atoms with Crippen molar-refractivity contribution < 1.29 is 18.3 Å². The van der Waals surface area contributed by atoms with Gasteiger partial charge in [-0.05, 0) is 37.7 Å². The van der Waals surface area contributed by atoms with E-state index in [1.165, 1.54) is 11.8 Å². The van der Waals surface area contributed by atoms with Crippen LogP contribution in [0.3, 0.4) is 0 Å². The number of halogens is 3. The Kier molecular flexibility index (Phi) is 4.64. The Morgan fingerprint density at radius 1 is 1.25 bits per heavy atom. The predicted octanol–water partition coefficient (Wildman–Crippen LogP) is 3.55. The van der Waals surface area contributed by atoms with Crippen molar-refractivity contribution in [3.05, 3.63) is 30.1 Å². The topological polar surface area (TPSA) is 63.3 Å². The zero-order chi connectivity index (χ0) is 17.3. The van der Waals surface area contributed by atoms with Crippen LogP contribution in [0.5, 0.6) is 0 Å². The molecule has 0 aliphatic rings. The van der Waals surface area contributed by atoms with Gasteiger partial charge in [0.15, 0.2) is 5.65 Å². The lowest BCUT2D eigenvalue weighted by Gasteiger charge is -2.10. The molecule has 2 heterocycles. The number of nitrogens with zero attached hydrogens (tertiary/aromatic N) is 4. The van der Waals surface area contributed by atoms with Crippen LogP contribution in [0.4, 0.5) is 13.2 Å². The quantitative estimate of drug-likeness (QED) is 0.559. The molecule has 0 fully saturated rings. The largest absolute Gasteiger partial charge is 0.452 e. The maximum Gasteiger partial charge on any atom is 0.452 e. The van der Waals surface area contributed by atoms with Gasteiger partial charge in [-0.2, -0.15) is 13.2 Å². The highest BCUT2D eigenvalue weighted by atomic mass is 32.2. The number of aliphatic hydroxyl groups excluding tert-OH is 1. The molecule has 3 rings (SSSR count). The molecule has 0 saturated heterocycles. The fourth-order valence-corrected chi connectivity index (χ4v) is 3.31. The Balaban J connectivity index is 2.07. The monoisotopic (exact) mass is 356 g/mol. The summed E-state index contributed by atoms with van der Waals surface area (Å²) in [7, 11) is 0. The van der Waals surface area contributed by atoms with Crippen LogP contribution in [-0.4, -0.2) is 36.5 Å². The third-order valence-corrected chi connectivity index (χ3v) is 4.50. The fourth-order valence-electron chi connectivity index (χ4n) is 2.39. The van der Waals surface area contributed by atoms with Gasteiger partial charge in [-0.25, -0.2) is 4.98 Å². The van der Waals surface area contributed by atoms with Gasteiger partial charge in [0.05, 0.1) is 17.1 Å². The van der Waals surface area contributed by atoms with Crippen LogP contribution >= 0.6 is 11.8 Å². The number of hydrogen-bond donors (Lipinski definition) is 1. The first-order valence-corrected chi connectivity index (χ1v) is 8.38. The SMILES string of the molecule is CC(O)CCCSc1nc2ccccc2n2c(C(F)(F)F)nnc12. The lowest BCUT2D eigenvalue weighted by Crippen LogP contribution is -2.11. The molecule has 2 aromatic heterocycles. The fraction of sp³-hybridized carbons (Fsp3) is 0.400. The smallest absolute Gasteiger partial charge is 0.393 e. The molecule has 1 aromatic carbocycles. The Morgan fingerprint density at radius 2 is 2.00 bits per heavy atom. The van der Waals surface area contributed by atoms with Gasteiger partial charge in [0.1, 0.15) is 5.03 Å². The van der Waals surface area contributed by atoms with E-state index in [1.54, 1.807) is 31.2 Å². The van der Waals surface area contributed by atoms with E-state index < -0.39 is 18.1 Å². The molecule has 24 heavy (non-hydrogen) atoms. The van der Waals surface area contributed by atoms with E-state index in [9.17, 15) is 18.3 Å². The molecular weight excluding hydrogens is 341 g/mol. The molecule has 1 unspecified atom stereocenters. The van der Waals surface area contributed by atoms with Gasteiger partial charge in [-0.1, -0.05) is 12.1 Å².